The smallest absolute Gasteiger partial charge is 0.410 e. The zero-order valence-electron chi connectivity index (χ0n) is 16.8. The summed E-state index contributed by atoms with van der Waals surface area (Å²) in [6.45, 7) is 1.11. The number of piperidine rings is 1. The molecular weight excluding hydrogens is 362 g/mol. The van der Waals surface area contributed by atoms with Crippen LogP contribution in [-0.2, 0) is 4.74 Å². The van der Waals surface area contributed by atoms with Crippen molar-refractivity contribution in [2.24, 2.45) is 5.92 Å². The predicted molar refractivity (Wildman–Crippen MR) is 113 cm³/mol. The van der Waals surface area contributed by atoms with Crippen molar-refractivity contribution in [1.82, 2.24) is 4.90 Å². The van der Waals surface area contributed by atoms with Gasteiger partial charge in [0.05, 0.1) is 6.10 Å². The molecule has 1 aliphatic heterocycles. The van der Waals surface area contributed by atoms with E-state index in [1.807, 2.05) is 4.90 Å². The Hall–Kier alpha value is -2.33. The number of hydrogen-bond acceptors (Lipinski definition) is 3. The maximum atomic E-state index is 13.1. The largest absolute Gasteiger partial charge is 0.448 e. The molecule has 152 valence electrons. The molecule has 29 heavy (non-hydrogen) atoms. The molecule has 0 aromatic heterocycles. The third-order valence-electron chi connectivity index (χ3n) is 7.15. The van der Waals surface area contributed by atoms with Gasteiger partial charge < -0.3 is 14.7 Å². The molecule has 4 nitrogen and oxygen atoms in total. The van der Waals surface area contributed by atoms with Gasteiger partial charge in [0.1, 0.15) is 6.61 Å². The van der Waals surface area contributed by atoms with Crippen molar-refractivity contribution in [1.29, 1.82) is 0 Å². The quantitative estimate of drug-likeness (QED) is 0.805. The Morgan fingerprint density at radius 2 is 1.62 bits per heavy atom. The van der Waals surface area contributed by atoms with Gasteiger partial charge in [-0.2, -0.15) is 0 Å². The summed E-state index contributed by atoms with van der Waals surface area (Å²) in [6.07, 6.45) is 5.56. The molecule has 3 atom stereocenters. The lowest BCUT2D eigenvalue weighted by Gasteiger charge is -2.39. The second-order valence-electron chi connectivity index (χ2n) is 8.72. The maximum Gasteiger partial charge on any atom is 0.410 e. The van der Waals surface area contributed by atoms with Gasteiger partial charge in [-0.3, -0.25) is 0 Å². The molecule has 1 saturated carbocycles. The number of benzene rings is 2. The molecular formula is C25H29NO3. The van der Waals surface area contributed by atoms with Gasteiger partial charge in [0, 0.05) is 24.4 Å². The molecule has 1 heterocycles. The summed E-state index contributed by atoms with van der Waals surface area (Å²) in [4.78, 5) is 15.0. The summed E-state index contributed by atoms with van der Waals surface area (Å²) in [5.74, 6) is 0.294. The second kappa shape index (κ2) is 7.83. The van der Waals surface area contributed by atoms with E-state index in [1.165, 1.54) is 22.3 Å². The monoisotopic (exact) mass is 391 g/mol. The molecule has 4 heteroatoms. The Balaban J connectivity index is 1.32. The van der Waals surface area contributed by atoms with E-state index in [0.29, 0.717) is 6.61 Å². The number of ether oxygens (including phenoxy) is 1. The van der Waals surface area contributed by atoms with E-state index in [2.05, 4.69) is 48.5 Å². The standard InChI is InChI=1S/C25H29NO3/c27-24-14-7-12-21(24)23-13-5-6-15-26(23)25(28)29-16-22-19-10-3-1-8-17(19)18-9-2-4-11-20(18)22/h1-4,8-11,21-24,27H,5-7,12-16H2. The van der Waals surface area contributed by atoms with E-state index in [0.717, 1.165) is 45.1 Å². The molecule has 2 aromatic carbocycles. The van der Waals surface area contributed by atoms with Gasteiger partial charge in [-0.15, -0.1) is 0 Å². The van der Waals surface area contributed by atoms with Crippen molar-refractivity contribution in [2.45, 2.75) is 56.6 Å². The minimum Gasteiger partial charge on any atom is -0.448 e. The van der Waals surface area contributed by atoms with Crippen LogP contribution in [0.25, 0.3) is 11.1 Å². The summed E-state index contributed by atoms with van der Waals surface area (Å²) in [7, 11) is 0. The molecule has 2 aromatic rings. The van der Waals surface area contributed by atoms with Gasteiger partial charge in [-0.05, 0) is 54.4 Å². The van der Waals surface area contributed by atoms with Crippen molar-refractivity contribution >= 4 is 6.09 Å². The molecule has 0 radical (unpaired) electrons. The summed E-state index contributed by atoms with van der Waals surface area (Å²) in [5, 5.41) is 10.4. The minimum absolute atomic E-state index is 0.0895. The first-order chi connectivity index (χ1) is 14.2. The van der Waals surface area contributed by atoms with Crippen molar-refractivity contribution in [2.75, 3.05) is 13.2 Å². The highest BCUT2D eigenvalue weighted by Gasteiger charge is 2.40. The van der Waals surface area contributed by atoms with Crippen LogP contribution < -0.4 is 0 Å². The van der Waals surface area contributed by atoms with Crippen molar-refractivity contribution in [3.63, 3.8) is 0 Å². The SMILES string of the molecule is O=C(OCC1c2ccccc2-c2ccccc21)N1CCCCC1C1CCCC1O. The third kappa shape index (κ3) is 3.33. The van der Waals surface area contributed by atoms with Crippen LogP contribution in [0.3, 0.4) is 0 Å². The summed E-state index contributed by atoms with van der Waals surface area (Å²) in [5.41, 5.74) is 4.97. The zero-order chi connectivity index (χ0) is 19.8. The normalized spacial score (nSPS) is 26.2. The Kier molecular flexibility index (Phi) is 5.04. The molecule has 0 spiro atoms. The van der Waals surface area contributed by atoms with Gasteiger partial charge >= 0.3 is 6.09 Å². The van der Waals surface area contributed by atoms with Gasteiger partial charge in [-0.1, -0.05) is 55.0 Å². The Labute approximate surface area is 172 Å². The van der Waals surface area contributed by atoms with Crippen molar-refractivity contribution in [3.05, 3.63) is 59.7 Å². The second-order valence-corrected chi connectivity index (χ2v) is 8.72. The molecule has 0 bridgehead atoms. The summed E-state index contributed by atoms with van der Waals surface area (Å²) < 4.78 is 5.91. The average Bonchev–Trinajstić information content (AvgIpc) is 3.33. The Morgan fingerprint density at radius 3 is 2.28 bits per heavy atom. The summed E-state index contributed by atoms with van der Waals surface area (Å²) in [6, 6.07) is 17.0. The molecule has 1 amide bonds. The van der Waals surface area contributed by atoms with Crippen LogP contribution in [0, 0.1) is 5.92 Å². The number of rotatable bonds is 3. The first-order valence-electron chi connectivity index (χ1n) is 11.0. The van der Waals surface area contributed by atoms with E-state index >= 15 is 0 Å². The number of fused-ring (bicyclic) bond motifs is 3. The number of carbonyl (C=O) groups is 1. The van der Waals surface area contributed by atoms with Crippen LogP contribution in [0.2, 0.25) is 0 Å². The Bertz CT molecular complexity index is 850. The highest BCUT2D eigenvalue weighted by atomic mass is 16.6. The van der Waals surface area contributed by atoms with E-state index in [1.54, 1.807) is 0 Å². The molecule has 2 aliphatic carbocycles. The van der Waals surface area contributed by atoms with E-state index in [9.17, 15) is 9.90 Å². The highest BCUT2D eigenvalue weighted by Crippen LogP contribution is 2.44. The fraction of sp³-hybridized carbons (Fsp3) is 0.480. The number of aliphatic hydroxyl groups excluding tert-OH is 1. The molecule has 1 saturated heterocycles. The summed E-state index contributed by atoms with van der Waals surface area (Å²) >= 11 is 0. The lowest BCUT2D eigenvalue weighted by atomic mass is 9.88. The number of nitrogens with zero attached hydrogens (tertiary/aromatic N) is 1. The number of hydrogen-bond donors (Lipinski definition) is 1. The number of amides is 1. The average molecular weight is 392 g/mol. The molecule has 2 fully saturated rings. The first kappa shape index (κ1) is 18.7. The molecule has 1 N–H and O–H groups in total. The van der Waals surface area contributed by atoms with Crippen molar-refractivity contribution < 1.29 is 14.6 Å². The van der Waals surface area contributed by atoms with Gasteiger partial charge in [0.2, 0.25) is 0 Å². The molecule has 5 rings (SSSR count). The topological polar surface area (TPSA) is 49.8 Å². The fourth-order valence-electron chi connectivity index (χ4n) is 5.72. The Morgan fingerprint density at radius 1 is 0.931 bits per heavy atom. The third-order valence-corrected chi connectivity index (χ3v) is 7.15. The zero-order valence-corrected chi connectivity index (χ0v) is 16.8. The predicted octanol–water partition coefficient (Wildman–Crippen LogP) is 4.95. The van der Waals surface area contributed by atoms with Gasteiger partial charge in [0.25, 0.3) is 0 Å². The van der Waals surface area contributed by atoms with E-state index < -0.39 is 0 Å². The lowest BCUT2D eigenvalue weighted by Crippen LogP contribution is -2.49. The van der Waals surface area contributed by atoms with Crippen LogP contribution >= 0.6 is 0 Å². The van der Waals surface area contributed by atoms with Crippen LogP contribution in [0.15, 0.2) is 48.5 Å². The van der Waals surface area contributed by atoms with Gasteiger partial charge in [0.15, 0.2) is 0 Å². The van der Waals surface area contributed by atoms with Crippen LogP contribution in [0.4, 0.5) is 4.79 Å². The van der Waals surface area contributed by atoms with Crippen LogP contribution in [0.5, 0.6) is 0 Å². The highest BCUT2D eigenvalue weighted by molar-refractivity contribution is 5.79. The minimum atomic E-state index is -0.276. The van der Waals surface area contributed by atoms with E-state index in [-0.39, 0.29) is 30.1 Å². The number of likely N-dealkylation sites (tertiary alicyclic amines) is 1. The lowest BCUT2D eigenvalue weighted by molar-refractivity contribution is 0.0241. The van der Waals surface area contributed by atoms with Crippen LogP contribution in [-0.4, -0.2) is 41.4 Å². The van der Waals surface area contributed by atoms with Crippen LogP contribution in [0.1, 0.15) is 55.6 Å². The number of aliphatic hydroxyl groups is 1. The van der Waals surface area contributed by atoms with Gasteiger partial charge in [-0.25, -0.2) is 4.79 Å². The molecule has 3 unspecified atom stereocenters. The van der Waals surface area contributed by atoms with Crippen molar-refractivity contribution in [3.8, 4) is 11.1 Å². The fourth-order valence-corrected chi connectivity index (χ4v) is 5.72. The first-order valence-corrected chi connectivity index (χ1v) is 11.0. The number of carbonyl (C=O) groups excluding carboxylic acids is 1. The molecule has 3 aliphatic rings. The van der Waals surface area contributed by atoms with E-state index in [4.69, 9.17) is 4.74 Å². The maximum absolute atomic E-state index is 13.1.